The number of halogens is 1. The molecule has 0 aliphatic rings. The summed E-state index contributed by atoms with van der Waals surface area (Å²) in [6, 6.07) is 3.03. The minimum absolute atomic E-state index is 0.0164. The molecular formula is C15H23BrN2O4. The predicted octanol–water partition coefficient (Wildman–Crippen LogP) is 2.18. The minimum Gasteiger partial charge on any atom is -0.467 e. The SMILES string of the molecule is CCC(C)C(NC(=O)CN(C)Cc1ccc(Br)o1)C(=O)OC. The molecule has 1 rings (SSSR count). The topological polar surface area (TPSA) is 71.8 Å². The van der Waals surface area contributed by atoms with Gasteiger partial charge in [-0.3, -0.25) is 9.69 Å². The molecule has 0 spiro atoms. The first-order valence-corrected chi connectivity index (χ1v) is 7.96. The molecule has 0 aromatic carbocycles. The number of ether oxygens (including phenoxy) is 1. The maximum Gasteiger partial charge on any atom is 0.328 e. The fraction of sp³-hybridized carbons (Fsp3) is 0.600. The lowest BCUT2D eigenvalue weighted by Gasteiger charge is -2.23. The number of carbonyl (C=O) groups is 2. The average molecular weight is 375 g/mol. The van der Waals surface area contributed by atoms with Crippen molar-refractivity contribution in [3.63, 3.8) is 0 Å². The van der Waals surface area contributed by atoms with E-state index in [0.717, 1.165) is 12.2 Å². The van der Waals surface area contributed by atoms with Crippen LogP contribution in [0.2, 0.25) is 0 Å². The second kappa shape index (κ2) is 8.95. The summed E-state index contributed by atoms with van der Waals surface area (Å²) in [6.07, 6.45) is 0.774. The van der Waals surface area contributed by atoms with Gasteiger partial charge >= 0.3 is 5.97 Å². The van der Waals surface area contributed by atoms with Crippen molar-refractivity contribution in [2.75, 3.05) is 20.7 Å². The fourth-order valence-electron chi connectivity index (χ4n) is 2.02. The molecule has 22 heavy (non-hydrogen) atoms. The Labute approximate surface area is 139 Å². The van der Waals surface area contributed by atoms with Crippen LogP contribution in [0, 0.1) is 5.92 Å². The average Bonchev–Trinajstić information content (AvgIpc) is 2.87. The number of nitrogens with one attached hydrogen (secondary N) is 1. The molecule has 0 saturated carbocycles. The summed E-state index contributed by atoms with van der Waals surface area (Å²) in [4.78, 5) is 25.7. The monoisotopic (exact) mass is 374 g/mol. The summed E-state index contributed by atoms with van der Waals surface area (Å²) < 4.78 is 10.8. The highest BCUT2D eigenvalue weighted by molar-refractivity contribution is 9.10. The van der Waals surface area contributed by atoms with Crippen LogP contribution in [-0.2, 0) is 20.9 Å². The number of rotatable bonds is 8. The van der Waals surface area contributed by atoms with Crippen LogP contribution < -0.4 is 5.32 Å². The Morgan fingerprint density at radius 3 is 2.64 bits per heavy atom. The van der Waals surface area contributed by atoms with E-state index in [2.05, 4.69) is 21.2 Å². The van der Waals surface area contributed by atoms with E-state index in [0.29, 0.717) is 11.2 Å². The normalized spacial score (nSPS) is 13.7. The molecule has 0 aliphatic heterocycles. The summed E-state index contributed by atoms with van der Waals surface area (Å²) in [5.74, 6) is 0.139. The quantitative estimate of drug-likeness (QED) is 0.706. The van der Waals surface area contributed by atoms with Crippen LogP contribution in [0.3, 0.4) is 0 Å². The van der Waals surface area contributed by atoms with Crippen molar-refractivity contribution in [2.45, 2.75) is 32.9 Å². The van der Waals surface area contributed by atoms with Crippen molar-refractivity contribution in [1.82, 2.24) is 10.2 Å². The Balaban J connectivity index is 2.53. The molecule has 0 fully saturated rings. The number of methoxy groups -OCH3 is 1. The lowest BCUT2D eigenvalue weighted by molar-refractivity contribution is -0.146. The molecule has 124 valence electrons. The van der Waals surface area contributed by atoms with Gasteiger partial charge in [0.1, 0.15) is 11.8 Å². The lowest BCUT2D eigenvalue weighted by atomic mass is 9.99. The van der Waals surface area contributed by atoms with Gasteiger partial charge in [-0.05, 0) is 41.0 Å². The van der Waals surface area contributed by atoms with E-state index in [9.17, 15) is 9.59 Å². The van der Waals surface area contributed by atoms with Gasteiger partial charge in [-0.15, -0.1) is 0 Å². The number of hydrogen-bond donors (Lipinski definition) is 1. The summed E-state index contributed by atoms with van der Waals surface area (Å²) in [5, 5.41) is 2.75. The first-order valence-electron chi connectivity index (χ1n) is 7.17. The van der Waals surface area contributed by atoms with Crippen LogP contribution in [0.4, 0.5) is 0 Å². The molecule has 2 unspecified atom stereocenters. The van der Waals surface area contributed by atoms with Crippen LogP contribution >= 0.6 is 15.9 Å². The largest absolute Gasteiger partial charge is 0.467 e. The van der Waals surface area contributed by atoms with E-state index in [1.54, 1.807) is 6.07 Å². The molecule has 1 amide bonds. The van der Waals surface area contributed by atoms with Gasteiger partial charge in [0.15, 0.2) is 4.67 Å². The Hall–Kier alpha value is -1.34. The molecule has 7 heteroatoms. The smallest absolute Gasteiger partial charge is 0.328 e. The van der Waals surface area contributed by atoms with Crippen molar-refractivity contribution < 1.29 is 18.7 Å². The minimum atomic E-state index is -0.617. The Morgan fingerprint density at radius 1 is 1.45 bits per heavy atom. The van der Waals surface area contributed by atoms with Crippen molar-refractivity contribution in [2.24, 2.45) is 5.92 Å². The summed E-state index contributed by atoms with van der Waals surface area (Å²) in [7, 11) is 3.14. The van der Waals surface area contributed by atoms with Crippen molar-refractivity contribution in [3.8, 4) is 0 Å². The first kappa shape index (κ1) is 18.7. The third-order valence-corrected chi connectivity index (χ3v) is 3.88. The van der Waals surface area contributed by atoms with Crippen molar-refractivity contribution in [3.05, 3.63) is 22.6 Å². The van der Waals surface area contributed by atoms with Crippen LogP contribution in [0.15, 0.2) is 21.2 Å². The third kappa shape index (κ3) is 5.81. The lowest BCUT2D eigenvalue weighted by Crippen LogP contribution is -2.48. The number of hydrogen-bond acceptors (Lipinski definition) is 5. The van der Waals surface area contributed by atoms with Crippen LogP contribution in [-0.4, -0.2) is 43.5 Å². The molecule has 0 saturated heterocycles. The van der Waals surface area contributed by atoms with E-state index >= 15 is 0 Å². The summed E-state index contributed by atoms with van der Waals surface area (Å²) in [5.41, 5.74) is 0. The molecule has 6 nitrogen and oxygen atoms in total. The summed E-state index contributed by atoms with van der Waals surface area (Å²) in [6.45, 7) is 4.55. The van der Waals surface area contributed by atoms with E-state index in [-0.39, 0.29) is 18.4 Å². The van der Waals surface area contributed by atoms with Gasteiger partial charge in [0, 0.05) is 0 Å². The van der Waals surface area contributed by atoms with Crippen LogP contribution in [0.1, 0.15) is 26.0 Å². The molecule has 1 aromatic rings. The zero-order valence-corrected chi connectivity index (χ0v) is 15.0. The second-order valence-corrected chi connectivity index (χ2v) is 6.11. The van der Waals surface area contributed by atoms with Gasteiger partial charge in [-0.1, -0.05) is 20.3 Å². The number of carbonyl (C=O) groups excluding carboxylic acids is 2. The Morgan fingerprint density at radius 2 is 2.14 bits per heavy atom. The number of esters is 1. The molecule has 0 radical (unpaired) electrons. The van der Waals surface area contributed by atoms with Crippen molar-refractivity contribution >= 4 is 27.8 Å². The van der Waals surface area contributed by atoms with Crippen molar-refractivity contribution in [1.29, 1.82) is 0 Å². The van der Waals surface area contributed by atoms with Crippen LogP contribution in [0.25, 0.3) is 0 Å². The molecule has 1 aromatic heterocycles. The molecule has 1 heterocycles. The highest BCUT2D eigenvalue weighted by Gasteiger charge is 2.26. The maximum atomic E-state index is 12.1. The second-order valence-electron chi connectivity index (χ2n) is 5.33. The standard InChI is InChI=1S/C15H23BrN2O4/c1-5-10(2)14(15(20)21-4)17-13(19)9-18(3)8-11-6-7-12(16)22-11/h6-7,10,14H,5,8-9H2,1-4H3,(H,17,19). The van der Waals surface area contributed by atoms with E-state index < -0.39 is 12.0 Å². The maximum absolute atomic E-state index is 12.1. The van der Waals surface area contributed by atoms with Gasteiger partial charge in [0.25, 0.3) is 0 Å². The first-order chi connectivity index (χ1) is 10.4. The van der Waals surface area contributed by atoms with Gasteiger partial charge in [-0.2, -0.15) is 0 Å². The van der Waals surface area contributed by atoms with E-state index in [4.69, 9.17) is 9.15 Å². The number of furan rings is 1. The molecular weight excluding hydrogens is 352 g/mol. The zero-order chi connectivity index (χ0) is 16.7. The fourth-order valence-corrected chi connectivity index (χ4v) is 2.36. The molecule has 0 aliphatic carbocycles. The third-order valence-electron chi connectivity index (χ3n) is 3.45. The van der Waals surface area contributed by atoms with Gasteiger partial charge < -0.3 is 14.5 Å². The van der Waals surface area contributed by atoms with Gasteiger partial charge in [0.05, 0.1) is 20.2 Å². The zero-order valence-electron chi connectivity index (χ0n) is 13.4. The molecule has 1 N–H and O–H groups in total. The van der Waals surface area contributed by atoms with Gasteiger partial charge in [-0.25, -0.2) is 4.79 Å². The highest BCUT2D eigenvalue weighted by Crippen LogP contribution is 2.15. The molecule has 2 atom stereocenters. The number of likely N-dealkylation sites (N-methyl/N-ethyl adjacent to an activating group) is 1. The predicted molar refractivity (Wildman–Crippen MR) is 86.1 cm³/mol. The van der Waals surface area contributed by atoms with E-state index in [1.807, 2.05) is 31.9 Å². The van der Waals surface area contributed by atoms with Crippen LogP contribution in [0.5, 0.6) is 0 Å². The van der Waals surface area contributed by atoms with E-state index in [1.165, 1.54) is 7.11 Å². The highest BCUT2D eigenvalue weighted by atomic mass is 79.9. The Bertz CT molecular complexity index is 503. The number of amides is 1. The summed E-state index contributed by atoms with van der Waals surface area (Å²) >= 11 is 3.24. The van der Waals surface area contributed by atoms with Gasteiger partial charge in [0.2, 0.25) is 5.91 Å². The molecule has 0 bridgehead atoms. The Kier molecular flexibility index (Phi) is 7.61. The number of nitrogens with zero attached hydrogens (tertiary/aromatic N) is 1.